The molecule has 0 atom stereocenters. The van der Waals surface area contributed by atoms with Crippen LogP contribution in [-0.4, -0.2) is 50.6 Å². The van der Waals surface area contributed by atoms with Gasteiger partial charge in [-0.3, -0.25) is 9.79 Å². The van der Waals surface area contributed by atoms with E-state index in [9.17, 15) is 9.18 Å². The third-order valence-corrected chi connectivity index (χ3v) is 5.44. The molecule has 0 spiro atoms. The van der Waals surface area contributed by atoms with Gasteiger partial charge in [-0.1, -0.05) is 12.1 Å². The van der Waals surface area contributed by atoms with Crippen LogP contribution in [0.25, 0.3) is 0 Å². The summed E-state index contributed by atoms with van der Waals surface area (Å²) in [5.74, 6) is 0.553. The lowest BCUT2D eigenvalue weighted by Gasteiger charge is -2.33. The van der Waals surface area contributed by atoms with Gasteiger partial charge < -0.3 is 15.0 Å². The first kappa shape index (κ1) is 17.7. The summed E-state index contributed by atoms with van der Waals surface area (Å²) in [7, 11) is 3.23. The minimum absolute atomic E-state index is 0.00616. The van der Waals surface area contributed by atoms with Crippen molar-refractivity contribution in [2.24, 2.45) is 10.9 Å². The molecule has 2 fully saturated rings. The molecule has 1 aliphatic carbocycles. The second kappa shape index (κ2) is 7.42. The predicted octanol–water partition coefficient (Wildman–Crippen LogP) is 2.32. The van der Waals surface area contributed by atoms with Crippen LogP contribution in [0, 0.1) is 11.7 Å². The lowest BCUT2D eigenvalue weighted by atomic mass is 9.95. The van der Waals surface area contributed by atoms with Crippen LogP contribution in [0.4, 0.5) is 4.39 Å². The Morgan fingerprint density at radius 1 is 1.32 bits per heavy atom. The quantitative estimate of drug-likeness (QED) is 0.516. The monoisotopic (exact) mass is 347 g/mol. The SMILES string of the molecule is CN=C(NCC1(c2ccc(F)cc2)CC1)N1CCC(C(=O)OC)CC1. The van der Waals surface area contributed by atoms with Gasteiger partial charge in [-0.15, -0.1) is 0 Å². The Balaban J connectivity index is 1.55. The molecule has 2 aliphatic rings. The fourth-order valence-corrected chi connectivity index (χ4v) is 3.60. The zero-order chi connectivity index (χ0) is 17.9. The lowest BCUT2D eigenvalue weighted by molar-refractivity contribution is -0.146. The third kappa shape index (κ3) is 3.94. The summed E-state index contributed by atoms with van der Waals surface area (Å²) in [6, 6.07) is 6.83. The maximum atomic E-state index is 13.1. The minimum Gasteiger partial charge on any atom is -0.469 e. The molecule has 1 aromatic rings. The summed E-state index contributed by atoms with van der Waals surface area (Å²) >= 11 is 0. The zero-order valence-electron chi connectivity index (χ0n) is 14.9. The minimum atomic E-state index is -0.197. The molecule has 1 N–H and O–H groups in total. The number of benzene rings is 1. The molecule has 25 heavy (non-hydrogen) atoms. The van der Waals surface area contributed by atoms with E-state index in [-0.39, 0.29) is 23.1 Å². The molecule has 0 amide bonds. The molecule has 0 bridgehead atoms. The number of carbonyl (C=O) groups excluding carboxylic acids is 1. The largest absolute Gasteiger partial charge is 0.469 e. The van der Waals surface area contributed by atoms with Crippen molar-refractivity contribution < 1.29 is 13.9 Å². The van der Waals surface area contributed by atoms with Crippen LogP contribution in [0.3, 0.4) is 0 Å². The molecule has 1 aliphatic heterocycles. The molecule has 0 unspecified atom stereocenters. The van der Waals surface area contributed by atoms with Gasteiger partial charge in [-0.05, 0) is 43.4 Å². The van der Waals surface area contributed by atoms with Crippen molar-refractivity contribution in [2.75, 3.05) is 33.8 Å². The number of guanidine groups is 1. The average Bonchev–Trinajstić information content (AvgIpc) is 3.43. The van der Waals surface area contributed by atoms with Gasteiger partial charge in [-0.2, -0.15) is 0 Å². The van der Waals surface area contributed by atoms with Gasteiger partial charge in [0.25, 0.3) is 0 Å². The number of halogens is 1. The number of aliphatic imine (C=N–C) groups is 1. The highest BCUT2D eigenvalue weighted by Crippen LogP contribution is 2.47. The average molecular weight is 347 g/mol. The number of methoxy groups -OCH3 is 1. The second-order valence-corrected chi connectivity index (χ2v) is 6.97. The van der Waals surface area contributed by atoms with Gasteiger partial charge in [0.15, 0.2) is 5.96 Å². The lowest BCUT2D eigenvalue weighted by Crippen LogP contribution is -2.48. The van der Waals surface area contributed by atoms with Crippen molar-refractivity contribution in [1.29, 1.82) is 0 Å². The molecule has 3 rings (SSSR count). The maximum Gasteiger partial charge on any atom is 0.308 e. The number of hydrogen-bond acceptors (Lipinski definition) is 3. The van der Waals surface area contributed by atoms with Crippen molar-refractivity contribution >= 4 is 11.9 Å². The van der Waals surface area contributed by atoms with Gasteiger partial charge in [0, 0.05) is 32.1 Å². The van der Waals surface area contributed by atoms with Crippen LogP contribution in [0.1, 0.15) is 31.2 Å². The van der Waals surface area contributed by atoms with E-state index in [4.69, 9.17) is 4.74 Å². The second-order valence-electron chi connectivity index (χ2n) is 6.97. The molecule has 0 radical (unpaired) electrons. The third-order valence-electron chi connectivity index (χ3n) is 5.44. The number of esters is 1. The van der Waals surface area contributed by atoms with Crippen molar-refractivity contribution in [2.45, 2.75) is 31.1 Å². The van der Waals surface area contributed by atoms with Gasteiger partial charge in [-0.25, -0.2) is 4.39 Å². The highest BCUT2D eigenvalue weighted by Gasteiger charge is 2.44. The van der Waals surface area contributed by atoms with Gasteiger partial charge in [0.2, 0.25) is 0 Å². The molecule has 1 heterocycles. The maximum absolute atomic E-state index is 13.1. The number of nitrogens with one attached hydrogen (secondary N) is 1. The van der Waals surface area contributed by atoms with Crippen LogP contribution in [0.15, 0.2) is 29.3 Å². The Kier molecular flexibility index (Phi) is 5.25. The Morgan fingerprint density at radius 2 is 1.96 bits per heavy atom. The van der Waals surface area contributed by atoms with Crippen molar-refractivity contribution in [3.8, 4) is 0 Å². The van der Waals surface area contributed by atoms with Crippen LogP contribution in [0.5, 0.6) is 0 Å². The van der Waals surface area contributed by atoms with E-state index < -0.39 is 0 Å². The number of carbonyl (C=O) groups is 1. The highest BCUT2D eigenvalue weighted by molar-refractivity contribution is 5.80. The smallest absolute Gasteiger partial charge is 0.308 e. The molecule has 1 saturated heterocycles. The number of likely N-dealkylation sites (tertiary alicyclic amines) is 1. The van der Waals surface area contributed by atoms with Crippen LogP contribution in [0.2, 0.25) is 0 Å². The molecule has 6 heteroatoms. The summed E-state index contributed by atoms with van der Waals surface area (Å²) < 4.78 is 18.0. The first-order chi connectivity index (χ1) is 12.1. The summed E-state index contributed by atoms with van der Waals surface area (Å²) in [5, 5.41) is 3.48. The van der Waals surface area contributed by atoms with Crippen LogP contribution < -0.4 is 5.32 Å². The molecule has 1 saturated carbocycles. The first-order valence-corrected chi connectivity index (χ1v) is 8.87. The number of piperidine rings is 1. The van der Waals surface area contributed by atoms with Crippen molar-refractivity contribution in [1.82, 2.24) is 10.2 Å². The normalized spacial score (nSPS) is 20.3. The van der Waals surface area contributed by atoms with E-state index >= 15 is 0 Å². The van der Waals surface area contributed by atoms with E-state index in [0.29, 0.717) is 0 Å². The van der Waals surface area contributed by atoms with Gasteiger partial charge in [0.1, 0.15) is 5.82 Å². The summed E-state index contributed by atoms with van der Waals surface area (Å²) in [6.45, 7) is 2.38. The molecule has 136 valence electrons. The van der Waals surface area contributed by atoms with E-state index in [2.05, 4.69) is 15.2 Å². The Labute approximate surface area is 148 Å². The Hall–Kier alpha value is -2.11. The van der Waals surface area contributed by atoms with Gasteiger partial charge >= 0.3 is 5.97 Å². The van der Waals surface area contributed by atoms with Crippen LogP contribution in [-0.2, 0) is 14.9 Å². The van der Waals surface area contributed by atoms with E-state index in [1.54, 1.807) is 7.05 Å². The van der Waals surface area contributed by atoms with Crippen molar-refractivity contribution in [3.63, 3.8) is 0 Å². The Bertz CT molecular complexity index is 633. The fourth-order valence-electron chi connectivity index (χ4n) is 3.60. The summed E-state index contributed by atoms with van der Waals surface area (Å²) in [6.07, 6.45) is 3.78. The molecular weight excluding hydrogens is 321 g/mol. The number of hydrogen-bond donors (Lipinski definition) is 1. The van der Waals surface area contributed by atoms with Crippen LogP contribution >= 0.6 is 0 Å². The fraction of sp³-hybridized carbons (Fsp3) is 0.579. The first-order valence-electron chi connectivity index (χ1n) is 8.87. The summed E-state index contributed by atoms with van der Waals surface area (Å²) in [5.41, 5.74) is 1.27. The molecule has 5 nitrogen and oxygen atoms in total. The standard InChI is InChI=1S/C19H26FN3O2/c1-21-18(23-11-7-14(8-12-23)17(24)25-2)22-13-19(9-10-19)15-3-5-16(20)6-4-15/h3-6,14H,7-13H2,1-2H3,(H,21,22). The Morgan fingerprint density at radius 3 is 2.48 bits per heavy atom. The van der Waals surface area contributed by atoms with E-state index in [1.807, 2.05) is 12.1 Å². The summed E-state index contributed by atoms with van der Waals surface area (Å²) in [4.78, 5) is 18.2. The zero-order valence-corrected chi connectivity index (χ0v) is 14.9. The van der Waals surface area contributed by atoms with Crippen molar-refractivity contribution in [3.05, 3.63) is 35.6 Å². The number of ether oxygens (including phenoxy) is 1. The predicted molar refractivity (Wildman–Crippen MR) is 95.0 cm³/mol. The molecular formula is C19H26FN3O2. The topological polar surface area (TPSA) is 53.9 Å². The van der Waals surface area contributed by atoms with E-state index in [0.717, 1.165) is 51.3 Å². The number of rotatable bonds is 4. The number of nitrogens with zero attached hydrogens (tertiary/aromatic N) is 2. The molecule has 0 aromatic heterocycles. The molecule has 1 aromatic carbocycles. The van der Waals surface area contributed by atoms with E-state index in [1.165, 1.54) is 24.8 Å². The van der Waals surface area contributed by atoms with Gasteiger partial charge in [0.05, 0.1) is 13.0 Å². The highest BCUT2D eigenvalue weighted by atomic mass is 19.1.